The topological polar surface area (TPSA) is 65.9 Å². The minimum Gasteiger partial charge on any atom is -0.545 e. The highest BCUT2D eigenvalue weighted by Gasteiger charge is 2.13. The van der Waals surface area contributed by atoms with Gasteiger partial charge in [0, 0.05) is 11.1 Å². The van der Waals surface area contributed by atoms with Gasteiger partial charge in [0.2, 0.25) is 0 Å². The number of hydrogen-bond acceptors (Lipinski definition) is 4. The number of fused-ring (bicyclic) bond motifs is 1. The average Bonchev–Trinajstić information content (AvgIpc) is 2.68. The molecule has 0 radical (unpaired) electrons. The zero-order chi connectivity index (χ0) is 17.2. The van der Waals surface area contributed by atoms with Crippen LogP contribution in [0.15, 0.2) is 78.9 Å². The molecule has 0 bridgehead atoms. The molecule has 4 heteroatoms. The van der Waals surface area contributed by atoms with E-state index in [4.69, 9.17) is 9.97 Å². The van der Waals surface area contributed by atoms with Crippen LogP contribution in [0.2, 0.25) is 0 Å². The van der Waals surface area contributed by atoms with Crippen molar-refractivity contribution in [2.75, 3.05) is 0 Å². The summed E-state index contributed by atoms with van der Waals surface area (Å²) in [5.41, 5.74) is 4.63. The maximum absolute atomic E-state index is 11.1. The number of rotatable bonds is 3. The number of aromatic nitrogens is 2. The van der Waals surface area contributed by atoms with Gasteiger partial charge in [-0.2, -0.15) is 0 Å². The van der Waals surface area contributed by atoms with E-state index in [1.54, 1.807) is 6.07 Å². The van der Waals surface area contributed by atoms with E-state index < -0.39 is 5.97 Å². The van der Waals surface area contributed by atoms with Gasteiger partial charge in [-0.3, -0.25) is 0 Å². The summed E-state index contributed by atoms with van der Waals surface area (Å²) < 4.78 is 0. The first-order chi connectivity index (χ1) is 12.2. The third-order valence-electron chi connectivity index (χ3n) is 3.99. The fourth-order valence-electron chi connectivity index (χ4n) is 2.78. The molecule has 0 fully saturated rings. The first kappa shape index (κ1) is 15.0. The number of nitrogens with zero attached hydrogens (tertiary/aromatic N) is 2. The summed E-state index contributed by atoms with van der Waals surface area (Å²) in [6.07, 6.45) is 0. The van der Waals surface area contributed by atoms with Crippen molar-refractivity contribution in [1.82, 2.24) is 9.97 Å². The maximum Gasteiger partial charge on any atom is 0.0973 e. The summed E-state index contributed by atoms with van der Waals surface area (Å²) in [5, 5.41) is 11.1. The number of carbonyl (C=O) groups excluding carboxylic acids is 1. The number of carboxylic acids is 1. The lowest BCUT2D eigenvalue weighted by molar-refractivity contribution is -0.255. The quantitative estimate of drug-likeness (QED) is 0.579. The fourth-order valence-corrected chi connectivity index (χ4v) is 2.78. The summed E-state index contributed by atoms with van der Waals surface area (Å²) in [4.78, 5) is 20.6. The normalized spacial score (nSPS) is 10.7. The summed E-state index contributed by atoms with van der Waals surface area (Å²) in [5.74, 6) is -1.22. The molecule has 0 saturated heterocycles. The Balaban J connectivity index is 2.02. The highest BCUT2D eigenvalue weighted by molar-refractivity contribution is 5.93. The van der Waals surface area contributed by atoms with Gasteiger partial charge >= 0.3 is 0 Å². The van der Waals surface area contributed by atoms with Gasteiger partial charge < -0.3 is 9.90 Å². The van der Waals surface area contributed by atoms with E-state index in [1.807, 2.05) is 60.7 Å². The van der Waals surface area contributed by atoms with Crippen molar-refractivity contribution in [3.8, 4) is 22.5 Å². The van der Waals surface area contributed by atoms with E-state index in [0.29, 0.717) is 11.0 Å². The van der Waals surface area contributed by atoms with Crippen LogP contribution in [-0.4, -0.2) is 15.9 Å². The minimum absolute atomic E-state index is 0.0910. The maximum atomic E-state index is 11.1. The highest BCUT2D eigenvalue weighted by atomic mass is 16.4. The Bertz CT molecular complexity index is 1060. The monoisotopic (exact) mass is 325 g/mol. The van der Waals surface area contributed by atoms with Crippen LogP contribution in [0.25, 0.3) is 33.5 Å². The van der Waals surface area contributed by atoms with Gasteiger partial charge in [-0.15, -0.1) is 0 Å². The molecule has 4 aromatic rings. The van der Waals surface area contributed by atoms with Crippen molar-refractivity contribution in [2.45, 2.75) is 0 Å². The molecule has 0 aliphatic carbocycles. The lowest BCUT2D eigenvalue weighted by Crippen LogP contribution is -2.22. The Morgan fingerprint density at radius 2 is 1.20 bits per heavy atom. The van der Waals surface area contributed by atoms with E-state index in [0.717, 1.165) is 22.5 Å². The van der Waals surface area contributed by atoms with E-state index in [-0.39, 0.29) is 5.56 Å². The van der Waals surface area contributed by atoms with Crippen LogP contribution >= 0.6 is 0 Å². The Morgan fingerprint density at radius 1 is 0.680 bits per heavy atom. The minimum atomic E-state index is -1.22. The third kappa shape index (κ3) is 2.85. The molecule has 0 N–H and O–H groups in total. The summed E-state index contributed by atoms with van der Waals surface area (Å²) >= 11 is 0. The molecular formula is C21H13N2O2-. The third-order valence-corrected chi connectivity index (χ3v) is 3.99. The molecule has 1 heterocycles. The lowest BCUT2D eigenvalue weighted by Gasteiger charge is -2.11. The van der Waals surface area contributed by atoms with E-state index in [2.05, 4.69) is 0 Å². The summed E-state index contributed by atoms with van der Waals surface area (Å²) in [7, 11) is 0. The molecule has 0 unspecified atom stereocenters. The molecule has 0 aliphatic rings. The zero-order valence-electron chi connectivity index (χ0n) is 13.2. The Labute approximate surface area is 144 Å². The molecule has 3 aromatic carbocycles. The number of carboxylic acid groups (broad SMARTS) is 1. The van der Waals surface area contributed by atoms with Crippen molar-refractivity contribution in [2.24, 2.45) is 0 Å². The second kappa shape index (κ2) is 6.17. The van der Waals surface area contributed by atoms with Crippen LogP contribution in [0.4, 0.5) is 0 Å². The van der Waals surface area contributed by atoms with E-state index in [9.17, 15) is 9.90 Å². The number of aromatic carboxylic acids is 1. The van der Waals surface area contributed by atoms with Gasteiger partial charge in [0.05, 0.1) is 28.4 Å². The molecule has 1 aromatic heterocycles. The zero-order valence-corrected chi connectivity index (χ0v) is 13.2. The molecule has 0 saturated carbocycles. The van der Waals surface area contributed by atoms with Gasteiger partial charge in [0.15, 0.2) is 0 Å². The van der Waals surface area contributed by atoms with Gasteiger partial charge in [-0.1, -0.05) is 66.7 Å². The van der Waals surface area contributed by atoms with Crippen molar-refractivity contribution in [1.29, 1.82) is 0 Å². The largest absolute Gasteiger partial charge is 0.545 e. The SMILES string of the molecule is O=C([O-])c1ccc2nc(-c3ccccc3)c(-c3ccccc3)nc2c1. The van der Waals surface area contributed by atoms with Crippen LogP contribution in [-0.2, 0) is 0 Å². The standard InChI is InChI=1S/C21H14N2O2/c24-21(25)16-11-12-17-18(13-16)23-20(15-9-5-2-6-10-15)19(22-17)14-7-3-1-4-8-14/h1-13H,(H,24,25)/p-1. The van der Waals surface area contributed by atoms with Crippen molar-refractivity contribution in [3.63, 3.8) is 0 Å². The van der Waals surface area contributed by atoms with Crippen LogP contribution in [0.1, 0.15) is 10.4 Å². The molecule has 0 atom stereocenters. The smallest absolute Gasteiger partial charge is 0.0973 e. The van der Waals surface area contributed by atoms with E-state index >= 15 is 0 Å². The van der Waals surface area contributed by atoms with Gasteiger partial charge in [-0.05, 0) is 17.7 Å². The second-order valence-electron chi connectivity index (χ2n) is 5.64. The molecule has 0 spiro atoms. The molecule has 4 rings (SSSR count). The Morgan fingerprint density at radius 3 is 1.72 bits per heavy atom. The summed E-state index contributed by atoms with van der Waals surface area (Å²) in [6.45, 7) is 0. The van der Waals surface area contributed by atoms with Crippen LogP contribution in [0.5, 0.6) is 0 Å². The van der Waals surface area contributed by atoms with E-state index in [1.165, 1.54) is 12.1 Å². The first-order valence-corrected chi connectivity index (χ1v) is 7.86. The molecule has 120 valence electrons. The first-order valence-electron chi connectivity index (χ1n) is 7.86. The molecule has 0 amide bonds. The fraction of sp³-hybridized carbons (Fsp3) is 0. The molecule has 25 heavy (non-hydrogen) atoms. The number of carbonyl (C=O) groups is 1. The number of benzene rings is 3. The summed E-state index contributed by atoms with van der Waals surface area (Å²) in [6, 6.07) is 24.2. The highest BCUT2D eigenvalue weighted by Crippen LogP contribution is 2.30. The van der Waals surface area contributed by atoms with Crippen LogP contribution in [0, 0.1) is 0 Å². The van der Waals surface area contributed by atoms with Gasteiger partial charge in [0.1, 0.15) is 0 Å². The Hall–Kier alpha value is -3.53. The molecule has 4 nitrogen and oxygen atoms in total. The predicted octanol–water partition coefficient (Wildman–Crippen LogP) is 3.33. The Kier molecular flexibility index (Phi) is 3.71. The molecular weight excluding hydrogens is 312 g/mol. The molecule has 0 aliphatic heterocycles. The number of hydrogen-bond donors (Lipinski definition) is 0. The van der Waals surface area contributed by atoms with Crippen molar-refractivity contribution >= 4 is 17.0 Å². The van der Waals surface area contributed by atoms with Crippen molar-refractivity contribution in [3.05, 3.63) is 84.4 Å². The lowest BCUT2D eigenvalue weighted by atomic mass is 10.0. The van der Waals surface area contributed by atoms with Crippen molar-refractivity contribution < 1.29 is 9.90 Å². The van der Waals surface area contributed by atoms with Gasteiger partial charge in [0.25, 0.3) is 0 Å². The van der Waals surface area contributed by atoms with Crippen LogP contribution in [0.3, 0.4) is 0 Å². The average molecular weight is 325 g/mol. The predicted molar refractivity (Wildman–Crippen MR) is 94.7 cm³/mol. The van der Waals surface area contributed by atoms with Crippen LogP contribution < -0.4 is 5.11 Å². The van der Waals surface area contributed by atoms with Gasteiger partial charge in [-0.25, -0.2) is 9.97 Å². The second-order valence-corrected chi connectivity index (χ2v) is 5.64.